The van der Waals surface area contributed by atoms with Gasteiger partial charge in [0.2, 0.25) is 0 Å². The molecule has 136 valence electrons. The van der Waals surface area contributed by atoms with Gasteiger partial charge in [-0.3, -0.25) is 4.72 Å². The lowest BCUT2D eigenvalue weighted by atomic mass is 10.1. The minimum absolute atomic E-state index is 0.200. The number of benzene rings is 2. The summed E-state index contributed by atoms with van der Waals surface area (Å²) in [6.45, 7) is 1.90. The Balaban J connectivity index is 1.85. The van der Waals surface area contributed by atoms with Crippen molar-refractivity contribution in [2.45, 2.75) is 11.8 Å². The quantitative estimate of drug-likeness (QED) is 0.690. The molecule has 0 atom stereocenters. The average Bonchev–Trinajstić information content (AvgIpc) is 3.09. The number of anilines is 1. The van der Waals surface area contributed by atoms with Gasteiger partial charge in [0.25, 0.3) is 10.0 Å². The number of thiazole rings is 1. The number of sulfonamides is 1. The summed E-state index contributed by atoms with van der Waals surface area (Å²) < 4.78 is 38.0. The zero-order valence-corrected chi connectivity index (χ0v) is 16.1. The lowest BCUT2D eigenvalue weighted by molar-refractivity contribution is 0.355. The number of hydrogen-bond acceptors (Lipinski definition) is 6. The molecule has 0 aliphatic rings. The van der Waals surface area contributed by atoms with E-state index in [1.807, 2.05) is 13.0 Å². The fraction of sp³-hybridized carbons (Fsp3) is 0.167. The van der Waals surface area contributed by atoms with Crippen LogP contribution in [0.1, 0.15) is 5.56 Å². The predicted octanol–water partition coefficient (Wildman–Crippen LogP) is 3.94. The first-order valence-corrected chi connectivity index (χ1v) is 10.1. The van der Waals surface area contributed by atoms with Crippen LogP contribution in [-0.2, 0) is 10.0 Å². The van der Waals surface area contributed by atoms with Crippen molar-refractivity contribution >= 4 is 26.5 Å². The zero-order valence-electron chi connectivity index (χ0n) is 14.5. The Morgan fingerprint density at radius 2 is 1.69 bits per heavy atom. The van der Waals surface area contributed by atoms with Crippen molar-refractivity contribution in [2.24, 2.45) is 0 Å². The smallest absolute Gasteiger partial charge is 0.263 e. The maximum absolute atomic E-state index is 12.5. The van der Waals surface area contributed by atoms with Crippen LogP contribution >= 0.6 is 11.3 Å². The third-order valence-electron chi connectivity index (χ3n) is 3.74. The average molecular weight is 390 g/mol. The third kappa shape index (κ3) is 3.81. The van der Waals surface area contributed by atoms with Gasteiger partial charge in [-0.15, -0.1) is 11.3 Å². The standard InChI is InChI=1S/C18H18N2O4S2/c1-12-4-7-14(8-5-12)26(21,22)20-18-19-15(11-25-18)13-6-9-16(23-2)17(10-13)24-3/h4-11H,1-3H3,(H,19,20). The molecule has 6 nitrogen and oxygen atoms in total. The molecule has 3 rings (SSSR count). The maximum Gasteiger partial charge on any atom is 0.263 e. The first kappa shape index (κ1) is 18.2. The van der Waals surface area contributed by atoms with Crippen molar-refractivity contribution < 1.29 is 17.9 Å². The SMILES string of the molecule is COc1ccc(-c2csc(NS(=O)(=O)c3ccc(C)cc3)n2)cc1OC. The van der Waals surface area contributed by atoms with Crippen molar-refractivity contribution in [1.29, 1.82) is 0 Å². The molecular weight excluding hydrogens is 372 g/mol. The van der Waals surface area contributed by atoms with Crippen LogP contribution in [0.5, 0.6) is 11.5 Å². The molecule has 0 aliphatic heterocycles. The molecule has 1 N–H and O–H groups in total. The number of aromatic nitrogens is 1. The molecule has 1 heterocycles. The highest BCUT2D eigenvalue weighted by Gasteiger charge is 2.17. The van der Waals surface area contributed by atoms with E-state index in [9.17, 15) is 8.42 Å². The van der Waals surface area contributed by atoms with Crippen LogP contribution in [0.3, 0.4) is 0 Å². The van der Waals surface area contributed by atoms with E-state index >= 15 is 0 Å². The molecule has 0 saturated heterocycles. The first-order chi connectivity index (χ1) is 12.4. The van der Waals surface area contributed by atoms with Crippen LogP contribution in [0, 0.1) is 6.92 Å². The minimum atomic E-state index is -3.67. The Hall–Kier alpha value is -2.58. The Morgan fingerprint density at radius 1 is 1.00 bits per heavy atom. The summed E-state index contributed by atoms with van der Waals surface area (Å²) in [5.41, 5.74) is 2.45. The van der Waals surface area contributed by atoms with Crippen LogP contribution < -0.4 is 14.2 Å². The van der Waals surface area contributed by atoms with E-state index in [1.54, 1.807) is 56.0 Å². The molecule has 0 aliphatic carbocycles. The Kier molecular flexibility index (Phi) is 5.15. The molecule has 26 heavy (non-hydrogen) atoms. The number of nitrogens with one attached hydrogen (secondary N) is 1. The summed E-state index contributed by atoms with van der Waals surface area (Å²) in [6, 6.07) is 12.1. The monoisotopic (exact) mass is 390 g/mol. The topological polar surface area (TPSA) is 77.5 Å². The Bertz CT molecular complexity index is 1010. The number of aryl methyl sites for hydroxylation is 1. The van der Waals surface area contributed by atoms with Gasteiger partial charge < -0.3 is 9.47 Å². The van der Waals surface area contributed by atoms with Crippen LogP contribution in [0.25, 0.3) is 11.3 Å². The summed E-state index contributed by atoms with van der Waals surface area (Å²) in [7, 11) is -0.542. The fourth-order valence-corrected chi connectivity index (χ4v) is 4.31. The van der Waals surface area contributed by atoms with Crippen molar-refractivity contribution in [1.82, 2.24) is 4.98 Å². The number of ether oxygens (including phenoxy) is 2. The van der Waals surface area contributed by atoms with Gasteiger partial charge >= 0.3 is 0 Å². The van der Waals surface area contributed by atoms with E-state index in [-0.39, 0.29) is 4.90 Å². The Labute approximate surface area is 156 Å². The molecule has 0 amide bonds. The molecule has 0 fully saturated rings. The second kappa shape index (κ2) is 7.35. The van der Waals surface area contributed by atoms with Crippen molar-refractivity contribution in [3.63, 3.8) is 0 Å². The molecule has 8 heteroatoms. The molecule has 0 bridgehead atoms. The number of hydrogen-bond donors (Lipinski definition) is 1. The van der Waals surface area contributed by atoms with Crippen molar-refractivity contribution in [3.05, 3.63) is 53.4 Å². The van der Waals surface area contributed by atoms with Gasteiger partial charge in [-0.1, -0.05) is 17.7 Å². The van der Waals surface area contributed by atoms with E-state index < -0.39 is 10.0 Å². The summed E-state index contributed by atoms with van der Waals surface area (Å²) in [5, 5.41) is 2.09. The molecule has 0 saturated carbocycles. The summed E-state index contributed by atoms with van der Waals surface area (Å²) in [4.78, 5) is 4.57. The predicted molar refractivity (Wildman–Crippen MR) is 103 cm³/mol. The van der Waals surface area contributed by atoms with E-state index in [1.165, 1.54) is 11.3 Å². The van der Waals surface area contributed by atoms with Crippen LogP contribution in [-0.4, -0.2) is 27.6 Å². The molecule has 3 aromatic rings. The van der Waals surface area contributed by atoms with Crippen LogP contribution in [0.4, 0.5) is 5.13 Å². The fourth-order valence-electron chi connectivity index (χ4n) is 2.34. The van der Waals surface area contributed by atoms with Crippen molar-refractivity contribution in [2.75, 3.05) is 18.9 Å². The molecule has 1 aromatic heterocycles. The van der Waals surface area contributed by atoms with E-state index in [4.69, 9.17) is 9.47 Å². The van der Waals surface area contributed by atoms with E-state index in [0.29, 0.717) is 22.3 Å². The number of rotatable bonds is 6. The van der Waals surface area contributed by atoms with Gasteiger partial charge in [-0.05, 0) is 37.3 Å². The molecule has 0 radical (unpaired) electrons. The maximum atomic E-state index is 12.5. The Morgan fingerprint density at radius 3 is 2.35 bits per heavy atom. The van der Waals surface area contributed by atoms with Crippen LogP contribution in [0.2, 0.25) is 0 Å². The third-order valence-corrected chi connectivity index (χ3v) is 5.98. The van der Waals surface area contributed by atoms with E-state index in [0.717, 1.165) is 11.1 Å². The van der Waals surface area contributed by atoms with Gasteiger partial charge in [0.1, 0.15) is 0 Å². The normalized spacial score (nSPS) is 11.2. The second-order valence-electron chi connectivity index (χ2n) is 5.53. The highest BCUT2D eigenvalue weighted by atomic mass is 32.2. The van der Waals surface area contributed by atoms with E-state index in [2.05, 4.69) is 9.71 Å². The lowest BCUT2D eigenvalue weighted by Crippen LogP contribution is -2.12. The molecule has 2 aromatic carbocycles. The molecule has 0 spiro atoms. The summed E-state index contributed by atoms with van der Waals surface area (Å²) in [6.07, 6.45) is 0. The second-order valence-corrected chi connectivity index (χ2v) is 8.07. The van der Waals surface area contributed by atoms with Gasteiger partial charge in [0.05, 0.1) is 24.8 Å². The summed E-state index contributed by atoms with van der Waals surface area (Å²) >= 11 is 1.22. The van der Waals surface area contributed by atoms with Gasteiger partial charge in [-0.2, -0.15) is 0 Å². The number of methoxy groups -OCH3 is 2. The highest BCUT2D eigenvalue weighted by molar-refractivity contribution is 7.93. The molecular formula is C18H18N2O4S2. The summed E-state index contributed by atoms with van der Waals surface area (Å²) in [5.74, 6) is 1.20. The largest absolute Gasteiger partial charge is 0.493 e. The van der Waals surface area contributed by atoms with Gasteiger partial charge in [0, 0.05) is 10.9 Å². The van der Waals surface area contributed by atoms with Crippen molar-refractivity contribution in [3.8, 4) is 22.8 Å². The zero-order chi connectivity index (χ0) is 18.7. The molecule has 0 unspecified atom stereocenters. The minimum Gasteiger partial charge on any atom is -0.493 e. The van der Waals surface area contributed by atoms with Gasteiger partial charge in [0.15, 0.2) is 16.6 Å². The van der Waals surface area contributed by atoms with Gasteiger partial charge in [-0.25, -0.2) is 13.4 Å². The first-order valence-electron chi connectivity index (χ1n) is 7.70. The lowest BCUT2D eigenvalue weighted by Gasteiger charge is -2.08. The number of nitrogens with zero attached hydrogens (tertiary/aromatic N) is 1. The highest BCUT2D eigenvalue weighted by Crippen LogP contribution is 2.33. The van der Waals surface area contributed by atoms with Crippen LogP contribution in [0.15, 0.2) is 52.7 Å².